The number of ether oxygens (including phenoxy) is 1. The molecule has 0 saturated heterocycles. The van der Waals surface area contributed by atoms with E-state index in [0.29, 0.717) is 6.61 Å². The summed E-state index contributed by atoms with van der Waals surface area (Å²) in [6.07, 6.45) is 10.5. The van der Waals surface area contributed by atoms with Crippen molar-refractivity contribution in [1.82, 2.24) is 0 Å². The minimum Gasteiger partial charge on any atom is -0.463 e. The van der Waals surface area contributed by atoms with E-state index in [0.717, 1.165) is 48.8 Å². The van der Waals surface area contributed by atoms with E-state index in [1.165, 1.54) is 0 Å². The zero-order chi connectivity index (χ0) is 16.4. The van der Waals surface area contributed by atoms with Crippen LogP contribution in [0.25, 0.3) is 0 Å². The van der Waals surface area contributed by atoms with Gasteiger partial charge in [0.05, 0.1) is 6.61 Å². The van der Waals surface area contributed by atoms with Gasteiger partial charge < -0.3 is 9.84 Å². The first-order valence-electron chi connectivity index (χ1n) is 8.30. The number of esters is 1. The number of rotatable bonds is 4. The molecule has 0 bridgehead atoms. The average Bonchev–Trinajstić information content (AvgIpc) is 2.91. The van der Waals surface area contributed by atoms with E-state index in [4.69, 9.17) is 4.74 Å². The summed E-state index contributed by atoms with van der Waals surface area (Å²) in [5.41, 5.74) is 1.64. The second kappa shape index (κ2) is 6.41. The van der Waals surface area contributed by atoms with Crippen LogP contribution in [0.4, 0.5) is 0 Å². The number of hydrogen-bond donors (Lipinski definition) is 1. The molecular formula is C19H28O3. The standard InChI is InChI=1S/C19H28O3/c1-5-22-17(20)16-10-6-9-15(16)11-13-19(21)14(2)8-7-12-18(19,3)4/h8,11,13,21H,5-7,9-10,12H2,1-4H3/b13-11+. The Morgan fingerprint density at radius 2 is 2.14 bits per heavy atom. The predicted molar refractivity (Wildman–Crippen MR) is 88.4 cm³/mol. The van der Waals surface area contributed by atoms with Crippen LogP contribution >= 0.6 is 0 Å². The van der Waals surface area contributed by atoms with Gasteiger partial charge in [0, 0.05) is 11.0 Å². The second-order valence-corrected chi connectivity index (χ2v) is 6.99. The highest BCUT2D eigenvalue weighted by Gasteiger charge is 2.44. The van der Waals surface area contributed by atoms with Gasteiger partial charge in [-0.1, -0.05) is 26.0 Å². The molecule has 1 unspecified atom stereocenters. The van der Waals surface area contributed by atoms with Crippen molar-refractivity contribution in [3.8, 4) is 0 Å². The van der Waals surface area contributed by atoms with Crippen LogP contribution in [0, 0.1) is 5.41 Å². The van der Waals surface area contributed by atoms with Gasteiger partial charge in [-0.25, -0.2) is 4.79 Å². The van der Waals surface area contributed by atoms with Gasteiger partial charge in [0.25, 0.3) is 0 Å². The zero-order valence-electron chi connectivity index (χ0n) is 14.2. The summed E-state index contributed by atoms with van der Waals surface area (Å²) in [6.45, 7) is 8.41. The third kappa shape index (κ3) is 3.05. The van der Waals surface area contributed by atoms with Crippen LogP contribution in [0.1, 0.15) is 59.8 Å². The third-order valence-electron chi connectivity index (χ3n) is 5.16. The Morgan fingerprint density at radius 1 is 1.41 bits per heavy atom. The van der Waals surface area contributed by atoms with E-state index >= 15 is 0 Å². The van der Waals surface area contributed by atoms with Gasteiger partial charge in [0.15, 0.2) is 0 Å². The van der Waals surface area contributed by atoms with Crippen LogP contribution in [-0.2, 0) is 9.53 Å². The van der Waals surface area contributed by atoms with Crippen molar-refractivity contribution < 1.29 is 14.6 Å². The Balaban J connectivity index is 2.30. The van der Waals surface area contributed by atoms with E-state index in [1.54, 1.807) is 0 Å². The Labute approximate surface area is 133 Å². The lowest BCUT2D eigenvalue weighted by molar-refractivity contribution is -0.138. The van der Waals surface area contributed by atoms with Gasteiger partial charge in [-0.15, -0.1) is 0 Å². The van der Waals surface area contributed by atoms with E-state index in [-0.39, 0.29) is 11.4 Å². The molecule has 0 aromatic carbocycles. The van der Waals surface area contributed by atoms with E-state index in [1.807, 2.05) is 26.0 Å². The summed E-state index contributed by atoms with van der Waals surface area (Å²) < 4.78 is 5.13. The number of allylic oxidation sites excluding steroid dienone is 3. The maximum absolute atomic E-state index is 12.0. The second-order valence-electron chi connectivity index (χ2n) is 6.99. The molecule has 0 aromatic heterocycles. The summed E-state index contributed by atoms with van der Waals surface area (Å²) in [6, 6.07) is 0. The minimum atomic E-state index is -0.944. The Bertz CT molecular complexity index is 537. The van der Waals surface area contributed by atoms with Crippen LogP contribution in [0.5, 0.6) is 0 Å². The molecule has 1 atom stereocenters. The van der Waals surface area contributed by atoms with Crippen LogP contribution in [0.2, 0.25) is 0 Å². The molecule has 22 heavy (non-hydrogen) atoms. The number of carbonyl (C=O) groups is 1. The quantitative estimate of drug-likeness (QED) is 0.628. The van der Waals surface area contributed by atoms with Crippen molar-refractivity contribution >= 4 is 5.97 Å². The first-order valence-corrected chi connectivity index (χ1v) is 8.30. The molecule has 2 aliphatic carbocycles. The van der Waals surface area contributed by atoms with Crippen LogP contribution < -0.4 is 0 Å². The molecule has 0 heterocycles. The van der Waals surface area contributed by atoms with Crippen molar-refractivity contribution in [3.63, 3.8) is 0 Å². The molecule has 0 spiro atoms. The van der Waals surface area contributed by atoms with E-state index in [2.05, 4.69) is 19.9 Å². The predicted octanol–water partition coefficient (Wildman–Crippen LogP) is 4.08. The monoisotopic (exact) mass is 304 g/mol. The van der Waals surface area contributed by atoms with Crippen LogP contribution in [-0.4, -0.2) is 23.3 Å². The maximum atomic E-state index is 12.0. The molecule has 2 rings (SSSR count). The molecule has 0 saturated carbocycles. The smallest absolute Gasteiger partial charge is 0.334 e. The topological polar surface area (TPSA) is 46.5 Å². The molecule has 0 radical (unpaired) electrons. The van der Waals surface area contributed by atoms with E-state index in [9.17, 15) is 9.90 Å². The number of hydrogen-bond acceptors (Lipinski definition) is 3. The molecule has 0 amide bonds. The van der Waals surface area contributed by atoms with Gasteiger partial charge in [0.2, 0.25) is 0 Å². The molecule has 0 aliphatic heterocycles. The molecule has 122 valence electrons. The summed E-state index contributed by atoms with van der Waals surface area (Å²) in [4.78, 5) is 12.0. The fourth-order valence-corrected chi connectivity index (χ4v) is 3.51. The lowest BCUT2D eigenvalue weighted by Gasteiger charge is -2.44. The van der Waals surface area contributed by atoms with Gasteiger partial charge >= 0.3 is 5.97 Å². The fourth-order valence-electron chi connectivity index (χ4n) is 3.51. The highest BCUT2D eigenvalue weighted by molar-refractivity contribution is 5.90. The Hall–Kier alpha value is -1.35. The SMILES string of the molecule is CCOC(=O)C1=C(/C=C/C2(O)C(C)=CCCC2(C)C)CCC1. The molecule has 1 N–H and O–H groups in total. The number of carbonyl (C=O) groups excluding carboxylic acids is 1. The van der Waals surface area contributed by atoms with E-state index < -0.39 is 5.60 Å². The lowest BCUT2D eigenvalue weighted by atomic mass is 9.65. The summed E-state index contributed by atoms with van der Waals surface area (Å²) in [7, 11) is 0. The summed E-state index contributed by atoms with van der Waals surface area (Å²) in [5, 5.41) is 11.2. The largest absolute Gasteiger partial charge is 0.463 e. The molecule has 3 nitrogen and oxygen atoms in total. The van der Waals surface area contributed by atoms with Crippen molar-refractivity contribution in [1.29, 1.82) is 0 Å². The van der Waals surface area contributed by atoms with Crippen LogP contribution in [0.3, 0.4) is 0 Å². The van der Waals surface area contributed by atoms with Gasteiger partial charge in [-0.05, 0) is 63.2 Å². The molecule has 0 aromatic rings. The summed E-state index contributed by atoms with van der Waals surface area (Å²) >= 11 is 0. The Kier molecular flexibility index (Phi) is 4.96. The van der Waals surface area contributed by atoms with Gasteiger partial charge in [-0.2, -0.15) is 0 Å². The molecule has 2 aliphatic rings. The average molecular weight is 304 g/mol. The molecule has 3 heteroatoms. The first-order chi connectivity index (χ1) is 10.3. The van der Waals surface area contributed by atoms with Crippen molar-refractivity contribution in [2.45, 2.75) is 65.4 Å². The van der Waals surface area contributed by atoms with Crippen molar-refractivity contribution in [2.24, 2.45) is 5.41 Å². The van der Waals surface area contributed by atoms with Crippen LogP contribution in [0.15, 0.2) is 34.9 Å². The first kappa shape index (κ1) is 17.0. The maximum Gasteiger partial charge on any atom is 0.334 e. The molecule has 0 fully saturated rings. The highest BCUT2D eigenvalue weighted by Crippen LogP contribution is 2.45. The minimum absolute atomic E-state index is 0.203. The molecular weight excluding hydrogens is 276 g/mol. The van der Waals surface area contributed by atoms with Crippen molar-refractivity contribution in [2.75, 3.05) is 6.61 Å². The lowest BCUT2D eigenvalue weighted by Crippen LogP contribution is -2.45. The third-order valence-corrected chi connectivity index (χ3v) is 5.16. The summed E-state index contributed by atoms with van der Waals surface area (Å²) in [5.74, 6) is -0.207. The Morgan fingerprint density at radius 3 is 2.77 bits per heavy atom. The number of aliphatic hydroxyl groups is 1. The zero-order valence-corrected chi connectivity index (χ0v) is 14.2. The fraction of sp³-hybridized carbons (Fsp3) is 0.632. The van der Waals surface area contributed by atoms with Gasteiger partial charge in [0.1, 0.15) is 5.60 Å². The normalized spacial score (nSPS) is 28.1. The van der Waals surface area contributed by atoms with Crippen molar-refractivity contribution in [3.05, 3.63) is 34.9 Å². The van der Waals surface area contributed by atoms with Gasteiger partial charge in [-0.3, -0.25) is 0 Å². The highest BCUT2D eigenvalue weighted by atomic mass is 16.5.